The lowest BCUT2D eigenvalue weighted by Crippen LogP contribution is -2.44. The van der Waals surface area contributed by atoms with Gasteiger partial charge in [0.2, 0.25) is 0 Å². The van der Waals surface area contributed by atoms with Crippen LogP contribution in [0.4, 0.5) is 0 Å². The zero-order valence-electron chi connectivity index (χ0n) is 15.5. The second-order valence-corrected chi connectivity index (χ2v) is 6.99. The summed E-state index contributed by atoms with van der Waals surface area (Å²) >= 11 is 0. The first-order valence-electron chi connectivity index (χ1n) is 9.63. The van der Waals surface area contributed by atoms with E-state index in [1.54, 1.807) is 31.3 Å². The SMILES string of the molecule is CN=C(NCCCCN1C(=O)c2ccccc2C1=O)NC1CCCCC1. The zero-order valence-corrected chi connectivity index (χ0v) is 15.5. The van der Waals surface area contributed by atoms with Crippen molar-refractivity contribution in [3.8, 4) is 0 Å². The van der Waals surface area contributed by atoms with Crippen molar-refractivity contribution >= 4 is 17.8 Å². The van der Waals surface area contributed by atoms with Crippen LogP contribution in [-0.2, 0) is 0 Å². The van der Waals surface area contributed by atoms with Gasteiger partial charge < -0.3 is 10.6 Å². The second kappa shape index (κ2) is 8.83. The number of unbranched alkanes of at least 4 members (excludes halogenated alkanes) is 1. The van der Waals surface area contributed by atoms with Crippen molar-refractivity contribution in [1.29, 1.82) is 0 Å². The molecule has 6 nitrogen and oxygen atoms in total. The van der Waals surface area contributed by atoms with Crippen LogP contribution in [0.1, 0.15) is 65.7 Å². The maximum atomic E-state index is 12.3. The van der Waals surface area contributed by atoms with E-state index >= 15 is 0 Å². The van der Waals surface area contributed by atoms with Gasteiger partial charge in [0.05, 0.1) is 11.1 Å². The van der Waals surface area contributed by atoms with Crippen LogP contribution < -0.4 is 10.6 Å². The smallest absolute Gasteiger partial charge is 0.261 e. The van der Waals surface area contributed by atoms with Gasteiger partial charge in [-0.15, -0.1) is 0 Å². The Morgan fingerprint density at radius 3 is 2.35 bits per heavy atom. The summed E-state index contributed by atoms with van der Waals surface area (Å²) in [6, 6.07) is 7.55. The monoisotopic (exact) mass is 356 g/mol. The first-order chi connectivity index (χ1) is 12.7. The normalized spacial score (nSPS) is 18.2. The van der Waals surface area contributed by atoms with E-state index in [2.05, 4.69) is 15.6 Å². The predicted octanol–water partition coefficient (Wildman–Crippen LogP) is 2.56. The molecule has 2 aliphatic rings. The standard InChI is InChI=1S/C20H28N4O2/c1-21-20(23-15-9-3-2-4-10-15)22-13-7-8-14-24-18(25)16-11-5-6-12-17(16)19(24)26/h5-6,11-12,15H,2-4,7-10,13-14H2,1H3,(H2,21,22,23). The van der Waals surface area contributed by atoms with Gasteiger partial charge in [0.15, 0.2) is 5.96 Å². The Labute approximate surface area is 155 Å². The molecule has 1 fully saturated rings. The van der Waals surface area contributed by atoms with E-state index < -0.39 is 0 Å². The number of nitrogens with one attached hydrogen (secondary N) is 2. The number of fused-ring (bicyclic) bond motifs is 1. The first kappa shape index (κ1) is 18.4. The van der Waals surface area contributed by atoms with Gasteiger partial charge in [0, 0.05) is 26.2 Å². The molecule has 1 aliphatic heterocycles. The van der Waals surface area contributed by atoms with Gasteiger partial charge in [-0.2, -0.15) is 0 Å². The molecule has 0 saturated heterocycles. The molecule has 1 aromatic carbocycles. The largest absolute Gasteiger partial charge is 0.356 e. The lowest BCUT2D eigenvalue weighted by Gasteiger charge is -2.25. The second-order valence-electron chi connectivity index (χ2n) is 6.99. The van der Waals surface area contributed by atoms with Crippen molar-refractivity contribution in [2.75, 3.05) is 20.1 Å². The Balaban J connectivity index is 1.38. The summed E-state index contributed by atoms with van der Waals surface area (Å²) in [6.07, 6.45) is 7.98. The van der Waals surface area contributed by atoms with Gasteiger partial charge in [-0.3, -0.25) is 19.5 Å². The number of nitrogens with zero attached hydrogens (tertiary/aromatic N) is 2. The number of aliphatic imine (C=N–C) groups is 1. The number of carbonyl (C=O) groups is 2. The Kier molecular flexibility index (Phi) is 6.26. The molecular formula is C20H28N4O2. The third-order valence-corrected chi connectivity index (χ3v) is 5.15. The topological polar surface area (TPSA) is 73.8 Å². The van der Waals surface area contributed by atoms with Crippen LogP contribution in [0.15, 0.2) is 29.3 Å². The summed E-state index contributed by atoms with van der Waals surface area (Å²) in [5.74, 6) is 0.499. The Hall–Kier alpha value is -2.37. The molecule has 0 unspecified atom stereocenters. The fourth-order valence-corrected chi connectivity index (χ4v) is 3.68. The molecule has 1 saturated carbocycles. The molecule has 0 radical (unpaired) electrons. The maximum absolute atomic E-state index is 12.3. The molecule has 3 rings (SSSR count). The lowest BCUT2D eigenvalue weighted by molar-refractivity contribution is 0.0652. The van der Waals surface area contributed by atoms with Crippen molar-refractivity contribution in [3.63, 3.8) is 0 Å². The number of amides is 2. The summed E-state index contributed by atoms with van der Waals surface area (Å²) in [5, 5.41) is 6.82. The molecule has 0 bridgehead atoms. The number of carbonyl (C=O) groups excluding carboxylic acids is 2. The maximum Gasteiger partial charge on any atom is 0.261 e. The molecule has 2 N–H and O–H groups in total. The molecule has 26 heavy (non-hydrogen) atoms. The molecule has 0 spiro atoms. The van der Waals surface area contributed by atoms with E-state index in [-0.39, 0.29) is 11.8 Å². The average molecular weight is 356 g/mol. The number of imide groups is 1. The number of benzene rings is 1. The van der Waals surface area contributed by atoms with E-state index in [0.29, 0.717) is 23.7 Å². The van der Waals surface area contributed by atoms with Crippen LogP contribution in [-0.4, -0.2) is 48.9 Å². The highest BCUT2D eigenvalue weighted by atomic mass is 16.2. The van der Waals surface area contributed by atoms with Gasteiger partial charge in [-0.25, -0.2) is 0 Å². The molecular weight excluding hydrogens is 328 g/mol. The zero-order chi connectivity index (χ0) is 18.4. The lowest BCUT2D eigenvalue weighted by atomic mass is 9.96. The summed E-state index contributed by atoms with van der Waals surface area (Å²) in [4.78, 5) is 30.3. The fourth-order valence-electron chi connectivity index (χ4n) is 3.68. The Morgan fingerprint density at radius 1 is 1.08 bits per heavy atom. The first-order valence-corrected chi connectivity index (χ1v) is 9.63. The number of hydrogen-bond donors (Lipinski definition) is 2. The van der Waals surface area contributed by atoms with Gasteiger partial charge in [-0.05, 0) is 37.8 Å². The minimum atomic E-state index is -0.173. The number of guanidine groups is 1. The van der Waals surface area contributed by atoms with Crippen molar-refractivity contribution in [2.24, 2.45) is 4.99 Å². The molecule has 0 atom stereocenters. The van der Waals surface area contributed by atoms with Crippen LogP contribution in [0, 0.1) is 0 Å². The third-order valence-electron chi connectivity index (χ3n) is 5.15. The van der Waals surface area contributed by atoms with Gasteiger partial charge in [0.1, 0.15) is 0 Å². The van der Waals surface area contributed by atoms with E-state index in [4.69, 9.17) is 0 Å². The van der Waals surface area contributed by atoms with Crippen LogP contribution in [0.2, 0.25) is 0 Å². The van der Waals surface area contributed by atoms with E-state index in [0.717, 1.165) is 25.3 Å². The quantitative estimate of drug-likeness (QED) is 0.356. The molecule has 1 aliphatic carbocycles. The van der Waals surface area contributed by atoms with Gasteiger partial charge >= 0.3 is 0 Å². The summed E-state index contributed by atoms with van der Waals surface area (Å²) in [6.45, 7) is 1.23. The van der Waals surface area contributed by atoms with Crippen molar-refractivity contribution < 1.29 is 9.59 Å². The minimum Gasteiger partial charge on any atom is -0.356 e. The predicted molar refractivity (Wildman–Crippen MR) is 102 cm³/mol. The van der Waals surface area contributed by atoms with Gasteiger partial charge in [0.25, 0.3) is 11.8 Å². The number of hydrogen-bond acceptors (Lipinski definition) is 3. The summed E-state index contributed by atoms with van der Waals surface area (Å²) in [7, 11) is 1.79. The Bertz CT molecular complexity index is 645. The van der Waals surface area contributed by atoms with E-state index in [9.17, 15) is 9.59 Å². The van der Waals surface area contributed by atoms with Crippen LogP contribution in [0.25, 0.3) is 0 Å². The van der Waals surface area contributed by atoms with Gasteiger partial charge in [-0.1, -0.05) is 31.4 Å². The van der Waals surface area contributed by atoms with Crippen molar-refractivity contribution in [2.45, 2.75) is 51.0 Å². The highest BCUT2D eigenvalue weighted by Gasteiger charge is 2.34. The number of rotatable bonds is 6. The van der Waals surface area contributed by atoms with Crippen molar-refractivity contribution in [1.82, 2.24) is 15.5 Å². The highest BCUT2D eigenvalue weighted by molar-refractivity contribution is 6.21. The Morgan fingerprint density at radius 2 is 1.73 bits per heavy atom. The van der Waals surface area contributed by atoms with E-state index in [1.165, 1.54) is 37.0 Å². The third kappa shape index (κ3) is 4.23. The fraction of sp³-hybridized carbons (Fsp3) is 0.550. The molecule has 1 heterocycles. The molecule has 2 amide bonds. The average Bonchev–Trinajstić information content (AvgIpc) is 2.92. The van der Waals surface area contributed by atoms with Crippen LogP contribution in [0.5, 0.6) is 0 Å². The summed E-state index contributed by atoms with van der Waals surface area (Å²) in [5.41, 5.74) is 1.04. The molecule has 0 aromatic heterocycles. The summed E-state index contributed by atoms with van der Waals surface area (Å²) < 4.78 is 0. The molecule has 6 heteroatoms. The van der Waals surface area contributed by atoms with Crippen LogP contribution >= 0.6 is 0 Å². The van der Waals surface area contributed by atoms with Crippen molar-refractivity contribution in [3.05, 3.63) is 35.4 Å². The molecule has 140 valence electrons. The minimum absolute atomic E-state index is 0.173. The van der Waals surface area contributed by atoms with Crippen LogP contribution in [0.3, 0.4) is 0 Å². The molecule has 1 aromatic rings. The highest BCUT2D eigenvalue weighted by Crippen LogP contribution is 2.22. The van der Waals surface area contributed by atoms with E-state index in [1.807, 2.05) is 0 Å².